The normalized spacial score (nSPS) is 21.7. The highest BCUT2D eigenvalue weighted by Gasteiger charge is 2.26. The molecule has 94 valence electrons. The molecule has 1 N–H and O–H groups in total. The summed E-state index contributed by atoms with van der Waals surface area (Å²) in [5.74, 6) is 0. The minimum absolute atomic E-state index is 0.264. The number of hydrogen-bond acceptors (Lipinski definition) is 2. The summed E-state index contributed by atoms with van der Waals surface area (Å²) in [6.45, 7) is 5.97. The molecule has 0 radical (unpaired) electrons. The molecule has 0 spiro atoms. The lowest BCUT2D eigenvalue weighted by Crippen LogP contribution is -2.31. The van der Waals surface area contributed by atoms with Gasteiger partial charge >= 0.3 is 0 Å². The van der Waals surface area contributed by atoms with Crippen LogP contribution in [0.5, 0.6) is 0 Å². The lowest BCUT2D eigenvalue weighted by atomic mass is 9.98. The van der Waals surface area contributed by atoms with E-state index in [2.05, 4.69) is 30.4 Å². The molecule has 0 aliphatic carbocycles. The zero-order valence-corrected chi connectivity index (χ0v) is 11.3. The van der Waals surface area contributed by atoms with Crippen molar-refractivity contribution in [3.63, 3.8) is 0 Å². The van der Waals surface area contributed by atoms with Gasteiger partial charge in [-0.15, -0.1) is 0 Å². The predicted octanol–water partition coefficient (Wildman–Crippen LogP) is 3.48. The number of rotatable bonds is 4. The van der Waals surface area contributed by atoms with Crippen LogP contribution >= 0.6 is 11.6 Å². The van der Waals surface area contributed by atoms with Crippen molar-refractivity contribution in [3.8, 4) is 0 Å². The van der Waals surface area contributed by atoms with E-state index in [9.17, 15) is 0 Å². The van der Waals surface area contributed by atoms with Gasteiger partial charge in [0.05, 0.1) is 12.1 Å². The SMILES string of the molecule is CCNC(c1ccc(C)c(Cl)c1)C1CCCO1. The monoisotopic (exact) mass is 253 g/mol. The van der Waals surface area contributed by atoms with Crippen LogP contribution in [0.2, 0.25) is 5.02 Å². The van der Waals surface area contributed by atoms with E-state index in [1.54, 1.807) is 0 Å². The second-order valence-electron chi connectivity index (χ2n) is 4.60. The van der Waals surface area contributed by atoms with Crippen LogP contribution in [0.4, 0.5) is 0 Å². The van der Waals surface area contributed by atoms with E-state index < -0.39 is 0 Å². The molecule has 1 saturated heterocycles. The third kappa shape index (κ3) is 3.01. The maximum Gasteiger partial charge on any atom is 0.0770 e. The van der Waals surface area contributed by atoms with Gasteiger partial charge in [-0.3, -0.25) is 0 Å². The highest BCUT2D eigenvalue weighted by atomic mass is 35.5. The van der Waals surface area contributed by atoms with Crippen LogP contribution in [-0.4, -0.2) is 19.3 Å². The first-order chi connectivity index (χ1) is 8.22. The summed E-state index contributed by atoms with van der Waals surface area (Å²) < 4.78 is 5.79. The fourth-order valence-electron chi connectivity index (χ4n) is 2.35. The number of benzene rings is 1. The third-order valence-corrected chi connectivity index (χ3v) is 3.72. The maximum absolute atomic E-state index is 6.20. The highest BCUT2D eigenvalue weighted by Crippen LogP contribution is 2.29. The molecule has 2 unspecified atom stereocenters. The van der Waals surface area contributed by atoms with Crippen molar-refractivity contribution in [3.05, 3.63) is 34.3 Å². The van der Waals surface area contributed by atoms with Gasteiger partial charge < -0.3 is 10.1 Å². The van der Waals surface area contributed by atoms with Gasteiger partial charge in [0.25, 0.3) is 0 Å². The minimum atomic E-state index is 0.264. The number of ether oxygens (including phenoxy) is 1. The summed E-state index contributed by atoms with van der Waals surface area (Å²) in [5, 5.41) is 4.34. The summed E-state index contributed by atoms with van der Waals surface area (Å²) in [7, 11) is 0. The molecule has 1 heterocycles. The van der Waals surface area contributed by atoms with Crippen molar-refractivity contribution in [2.24, 2.45) is 0 Å². The molecule has 1 aromatic carbocycles. The second kappa shape index (κ2) is 5.85. The molecule has 0 saturated carbocycles. The van der Waals surface area contributed by atoms with Crippen LogP contribution in [0.3, 0.4) is 0 Å². The lowest BCUT2D eigenvalue weighted by molar-refractivity contribution is 0.0788. The van der Waals surface area contributed by atoms with Crippen molar-refractivity contribution in [2.75, 3.05) is 13.2 Å². The van der Waals surface area contributed by atoms with Crippen LogP contribution in [-0.2, 0) is 4.74 Å². The Bertz CT molecular complexity index is 374. The molecule has 1 aliphatic heterocycles. The number of halogens is 1. The van der Waals surface area contributed by atoms with E-state index in [0.717, 1.165) is 36.6 Å². The average Bonchev–Trinajstić information content (AvgIpc) is 2.83. The van der Waals surface area contributed by atoms with E-state index in [4.69, 9.17) is 16.3 Å². The van der Waals surface area contributed by atoms with Gasteiger partial charge in [-0.1, -0.05) is 30.7 Å². The van der Waals surface area contributed by atoms with Crippen molar-refractivity contribution in [1.29, 1.82) is 0 Å². The van der Waals surface area contributed by atoms with Crippen LogP contribution in [0.1, 0.15) is 36.9 Å². The Labute approximate surface area is 108 Å². The van der Waals surface area contributed by atoms with Gasteiger partial charge in [0.1, 0.15) is 0 Å². The summed E-state index contributed by atoms with van der Waals surface area (Å²) in [6.07, 6.45) is 2.57. The second-order valence-corrected chi connectivity index (χ2v) is 5.00. The fraction of sp³-hybridized carbons (Fsp3) is 0.571. The number of hydrogen-bond donors (Lipinski definition) is 1. The smallest absolute Gasteiger partial charge is 0.0770 e. The quantitative estimate of drug-likeness (QED) is 0.887. The molecule has 1 aromatic rings. The Morgan fingerprint density at radius 3 is 2.94 bits per heavy atom. The molecular formula is C14H20ClNO. The van der Waals surface area contributed by atoms with Crippen molar-refractivity contribution in [1.82, 2.24) is 5.32 Å². The summed E-state index contributed by atoms with van der Waals surface area (Å²) in [5.41, 5.74) is 2.35. The lowest BCUT2D eigenvalue weighted by Gasteiger charge is -2.24. The number of aryl methyl sites for hydroxylation is 1. The molecule has 2 rings (SSSR count). The molecule has 1 aliphatic rings. The van der Waals surface area contributed by atoms with Crippen LogP contribution < -0.4 is 5.32 Å². The maximum atomic E-state index is 6.20. The molecule has 1 fully saturated rings. The number of nitrogens with one attached hydrogen (secondary N) is 1. The van der Waals surface area contributed by atoms with Gasteiger partial charge in [-0.05, 0) is 43.5 Å². The standard InChI is InChI=1S/C14H20ClNO/c1-3-16-14(13-5-4-8-17-13)11-7-6-10(2)12(15)9-11/h6-7,9,13-14,16H,3-5,8H2,1-2H3. The summed E-state index contributed by atoms with van der Waals surface area (Å²) in [6, 6.07) is 6.56. The van der Waals surface area contributed by atoms with Crippen molar-refractivity contribution < 1.29 is 4.74 Å². The fourth-order valence-corrected chi connectivity index (χ4v) is 2.54. The molecule has 17 heavy (non-hydrogen) atoms. The Balaban J connectivity index is 2.21. The molecule has 3 heteroatoms. The van der Waals surface area contributed by atoms with E-state index in [1.165, 1.54) is 5.56 Å². The number of likely N-dealkylation sites (N-methyl/N-ethyl adjacent to an activating group) is 1. The Hall–Kier alpha value is -0.570. The van der Waals surface area contributed by atoms with Crippen LogP contribution in [0, 0.1) is 6.92 Å². The van der Waals surface area contributed by atoms with Crippen LogP contribution in [0.25, 0.3) is 0 Å². The topological polar surface area (TPSA) is 21.3 Å². The molecule has 0 amide bonds. The molecule has 2 atom stereocenters. The van der Waals surface area contributed by atoms with E-state index in [-0.39, 0.29) is 12.1 Å². The highest BCUT2D eigenvalue weighted by molar-refractivity contribution is 6.31. The van der Waals surface area contributed by atoms with E-state index in [0.29, 0.717) is 0 Å². The Morgan fingerprint density at radius 2 is 2.35 bits per heavy atom. The zero-order valence-electron chi connectivity index (χ0n) is 10.5. The van der Waals surface area contributed by atoms with E-state index in [1.807, 2.05) is 6.92 Å². The van der Waals surface area contributed by atoms with Gasteiger partial charge in [-0.2, -0.15) is 0 Å². The van der Waals surface area contributed by atoms with Crippen molar-refractivity contribution in [2.45, 2.75) is 38.8 Å². The largest absolute Gasteiger partial charge is 0.376 e. The summed E-state index contributed by atoms with van der Waals surface area (Å²) >= 11 is 6.20. The van der Waals surface area contributed by atoms with Gasteiger partial charge in [0.2, 0.25) is 0 Å². The minimum Gasteiger partial charge on any atom is -0.376 e. The summed E-state index contributed by atoms with van der Waals surface area (Å²) in [4.78, 5) is 0. The zero-order chi connectivity index (χ0) is 12.3. The van der Waals surface area contributed by atoms with Gasteiger partial charge in [0, 0.05) is 11.6 Å². The van der Waals surface area contributed by atoms with Crippen molar-refractivity contribution >= 4 is 11.6 Å². The van der Waals surface area contributed by atoms with E-state index >= 15 is 0 Å². The Morgan fingerprint density at radius 1 is 1.53 bits per heavy atom. The Kier molecular flexibility index (Phi) is 4.43. The molecule has 2 nitrogen and oxygen atoms in total. The average molecular weight is 254 g/mol. The van der Waals surface area contributed by atoms with Gasteiger partial charge in [-0.25, -0.2) is 0 Å². The molecule has 0 aromatic heterocycles. The third-order valence-electron chi connectivity index (χ3n) is 3.32. The first-order valence-corrected chi connectivity index (χ1v) is 6.71. The van der Waals surface area contributed by atoms with Crippen LogP contribution in [0.15, 0.2) is 18.2 Å². The molecule has 0 bridgehead atoms. The predicted molar refractivity (Wildman–Crippen MR) is 71.6 cm³/mol. The first kappa shape index (κ1) is 12.9. The molecular weight excluding hydrogens is 234 g/mol. The van der Waals surface area contributed by atoms with Gasteiger partial charge in [0.15, 0.2) is 0 Å². The first-order valence-electron chi connectivity index (χ1n) is 6.33.